The zero-order valence-corrected chi connectivity index (χ0v) is 33.3. The number of aliphatic hydroxyl groups is 1. The van der Waals surface area contributed by atoms with E-state index in [2.05, 4.69) is 105 Å². The van der Waals surface area contributed by atoms with E-state index in [1.807, 2.05) is 24.3 Å². The van der Waals surface area contributed by atoms with E-state index >= 15 is 0 Å². The van der Waals surface area contributed by atoms with E-state index in [0.717, 1.165) is 58.0 Å². The van der Waals surface area contributed by atoms with Crippen molar-refractivity contribution in [2.45, 2.75) is 180 Å². The van der Waals surface area contributed by atoms with Crippen LogP contribution in [0.15, 0.2) is 42.5 Å². The first kappa shape index (κ1) is 40.9. The first-order valence-electron chi connectivity index (χ1n) is 17.9. The molecule has 0 saturated carbocycles. The average Bonchev–Trinajstić information content (AvgIpc) is 3.35. The van der Waals surface area contributed by atoms with Gasteiger partial charge in [-0.25, -0.2) is 0 Å². The lowest BCUT2D eigenvalue weighted by atomic mass is 10.0. The van der Waals surface area contributed by atoms with Crippen molar-refractivity contribution >= 4 is 16.6 Å². The van der Waals surface area contributed by atoms with Crippen LogP contribution in [-0.4, -0.2) is 58.9 Å². The van der Waals surface area contributed by atoms with Gasteiger partial charge in [0.2, 0.25) is 0 Å². The topological polar surface area (TPSA) is 57.2 Å². The van der Waals surface area contributed by atoms with Crippen LogP contribution in [0.4, 0.5) is 0 Å². The molecule has 5 atom stereocenters. The van der Waals surface area contributed by atoms with Crippen molar-refractivity contribution < 1.29 is 23.4 Å². The summed E-state index contributed by atoms with van der Waals surface area (Å²) in [5, 5.41) is 10.9. The van der Waals surface area contributed by atoms with E-state index in [0.29, 0.717) is 13.0 Å². The first-order valence-corrected chi connectivity index (χ1v) is 23.7. The highest BCUT2D eigenvalue weighted by atomic mass is 28.4. The van der Waals surface area contributed by atoms with Crippen LogP contribution in [0.5, 0.6) is 0 Å². The third-order valence-electron chi connectivity index (χ3n) is 10.1. The number of unbranched alkanes of at least 4 members (excludes halogenated alkanes) is 4. The Balaban J connectivity index is 2.11. The van der Waals surface area contributed by atoms with E-state index in [4.69, 9.17) is 18.3 Å². The fourth-order valence-electron chi connectivity index (χ4n) is 4.96. The Hall–Kier alpha value is -1.25. The van der Waals surface area contributed by atoms with Gasteiger partial charge in [0, 0.05) is 25.9 Å². The van der Waals surface area contributed by atoms with Crippen LogP contribution in [0.25, 0.3) is 0 Å². The van der Waals surface area contributed by atoms with Gasteiger partial charge in [-0.05, 0) is 61.1 Å². The van der Waals surface area contributed by atoms with Crippen molar-refractivity contribution in [1.29, 1.82) is 0 Å². The Morgan fingerprint density at radius 1 is 0.913 bits per heavy atom. The molecule has 0 radical (unpaired) electrons. The fourth-order valence-corrected chi connectivity index (χ4v) is 7.58. The van der Waals surface area contributed by atoms with Crippen molar-refractivity contribution in [3.05, 3.63) is 48.0 Å². The minimum atomic E-state index is -2.11. The predicted octanol–water partition coefficient (Wildman–Crippen LogP) is 10.2. The second-order valence-corrected chi connectivity index (χ2v) is 25.7. The molecule has 46 heavy (non-hydrogen) atoms. The van der Waals surface area contributed by atoms with Crippen molar-refractivity contribution in [2.24, 2.45) is 0 Å². The molecular formula is C39H68O5Si2. The third-order valence-corrected chi connectivity index (χ3v) is 19.1. The molecule has 1 aliphatic heterocycles. The second kappa shape index (κ2) is 19.1. The molecule has 0 amide bonds. The first-order chi connectivity index (χ1) is 21.5. The zero-order valence-electron chi connectivity index (χ0n) is 31.3. The van der Waals surface area contributed by atoms with Gasteiger partial charge in [0.05, 0.1) is 37.1 Å². The Kier molecular flexibility index (Phi) is 17.0. The molecule has 1 heterocycles. The molecule has 262 valence electrons. The molecule has 0 aliphatic carbocycles. The summed E-state index contributed by atoms with van der Waals surface area (Å²) in [5.74, 6) is 6.84. The highest BCUT2D eigenvalue weighted by molar-refractivity contribution is 6.74. The smallest absolute Gasteiger partial charge is 0.193 e. The summed E-state index contributed by atoms with van der Waals surface area (Å²) in [6, 6.07) is 10.3. The molecule has 0 aromatic heterocycles. The van der Waals surface area contributed by atoms with E-state index in [1.54, 1.807) is 0 Å². The summed E-state index contributed by atoms with van der Waals surface area (Å²) in [5.41, 5.74) is 1.21. The number of rotatable bonds is 18. The second-order valence-electron chi connectivity index (χ2n) is 16.2. The van der Waals surface area contributed by atoms with E-state index in [1.165, 1.54) is 5.56 Å². The molecule has 7 heteroatoms. The lowest BCUT2D eigenvalue weighted by Gasteiger charge is -2.40. The van der Waals surface area contributed by atoms with Gasteiger partial charge >= 0.3 is 0 Å². The molecule has 0 bridgehead atoms. The minimum Gasteiger partial charge on any atom is -0.411 e. The lowest BCUT2D eigenvalue weighted by Crippen LogP contribution is -2.47. The molecule has 5 nitrogen and oxygen atoms in total. The van der Waals surface area contributed by atoms with Gasteiger partial charge in [0.25, 0.3) is 0 Å². The minimum absolute atomic E-state index is 0.0278. The third kappa shape index (κ3) is 14.1. The molecular weight excluding hydrogens is 605 g/mol. The fraction of sp³-hybridized carbons (Fsp3) is 0.744. The maximum absolute atomic E-state index is 10.7. The van der Waals surface area contributed by atoms with Gasteiger partial charge in [-0.15, -0.1) is 11.8 Å². The van der Waals surface area contributed by atoms with Gasteiger partial charge in [-0.1, -0.05) is 110 Å². The standard InChI is InChI=1S/C39H68O5Si2/c1-12-13-18-25-33(40)27-28-35(43-45(8,9)38(2,3)4)36-30-37(44-46(10,11)39(5,6)7)34(42-36)26-21-15-14-16-22-29-41-31-32-23-19-17-20-24-32/h17,19-20,23-24,27-28,33-37,40H,12-14,16,18,22,25-26,29-31H2,1-11H3/b28-27+/t33-,34-,35+,36-,37-/m0/s1. The summed E-state index contributed by atoms with van der Waals surface area (Å²) < 4.78 is 26.7. The molecule has 0 spiro atoms. The van der Waals surface area contributed by atoms with Crippen LogP contribution >= 0.6 is 0 Å². The van der Waals surface area contributed by atoms with Crippen molar-refractivity contribution in [2.75, 3.05) is 6.61 Å². The number of ether oxygens (including phenoxy) is 2. The number of benzene rings is 1. The zero-order chi connectivity index (χ0) is 34.4. The van der Waals surface area contributed by atoms with Crippen LogP contribution in [0.2, 0.25) is 36.3 Å². The Labute approximate surface area is 285 Å². The average molecular weight is 673 g/mol. The highest BCUT2D eigenvalue weighted by Crippen LogP contribution is 2.42. The molecule has 1 fully saturated rings. The summed E-state index contributed by atoms with van der Waals surface area (Å²) >= 11 is 0. The van der Waals surface area contributed by atoms with Crippen LogP contribution in [0, 0.1) is 11.8 Å². The van der Waals surface area contributed by atoms with Crippen LogP contribution in [0.1, 0.15) is 112 Å². The molecule has 1 aromatic rings. The van der Waals surface area contributed by atoms with Crippen LogP contribution < -0.4 is 0 Å². The molecule has 0 unspecified atom stereocenters. The van der Waals surface area contributed by atoms with Crippen molar-refractivity contribution in [1.82, 2.24) is 0 Å². The summed E-state index contributed by atoms with van der Waals surface area (Å²) in [4.78, 5) is 0. The Morgan fingerprint density at radius 2 is 1.59 bits per heavy atom. The summed E-state index contributed by atoms with van der Waals surface area (Å²) in [7, 11) is -4.15. The van der Waals surface area contributed by atoms with Gasteiger partial charge in [0.15, 0.2) is 16.6 Å². The predicted molar refractivity (Wildman–Crippen MR) is 199 cm³/mol. The Bertz CT molecular complexity index is 1080. The van der Waals surface area contributed by atoms with Gasteiger partial charge in [-0.3, -0.25) is 0 Å². The van der Waals surface area contributed by atoms with Gasteiger partial charge < -0.3 is 23.4 Å². The highest BCUT2D eigenvalue weighted by Gasteiger charge is 2.47. The van der Waals surface area contributed by atoms with Gasteiger partial charge in [-0.2, -0.15) is 0 Å². The molecule has 2 rings (SSSR count). The van der Waals surface area contributed by atoms with E-state index < -0.39 is 22.7 Å². The molecule has 1 N–H and O–H groups in total. The number of hydrogen-bond acceptors (Lipinski definition) is 5. The molecule has 1 aliphatic rings. The van der Waals surface area contributed by atoms with E-state index in [-0.39, 0.29) is 34.5 Å². The summed E-state index contributed by atoms with van der Waals surface area (Å²) in [6.07, 6.45) is 11.4. The maximum Gasteiger partial charge on any atom is 0.193 e. The normalized spacial score (nSPS) is 20.9. The van der Waals surface area contributed by atoms with E-state index in [9.17, 15) is 5.11 Å². The molecule has 1 aromatic carbocycles. The maximum atomic E-state index is 10.7. The van der Waals surface area contributed by atoms with Gasteiger partial charge in [0.1, 0.15) is 0 Å². The van der Waals surface area contributed by atoms with Crippen molar-refractivity contribution in [3.63, 3.8) is 0 Å². The lowest BCUT2D eigenvalue weighted by molar-refractivity contribution is -0.0218. The van der Waals surface area contributed by atoms with Crippen LogP contribution in [0.3, 0.4) is 0 Å². The van der Waals surface area contributed by atoms with Crippen LogP contribution in [-0.2, 0) is 24.9 Å². The molecule has 1 saturated heterocycles. The monoisotopic (exact) mass is 672 g/mol. The number of hydrogen-bond donors (Lipinski definition) is 1. The van der Waals surface area contributed by atoms with Crippen molar-refractivity contribution in [3.8, 4) is 11.8 Å². The Morgan fingerprint density at radius 3 is 2.22 bits per heavy atom. The quantitative estimate of drug-likeness (QED) is 0.0728. The number of aliphatic hydroxyl groups excluding tert-OH is 1. The largest absolute Gasteiger partial charge is 0.411 e. The SMILES string of the molecule is CCCCC[C@H](O)/C=C/[C@@H](O[Si](C)(C)C(C)(C)C)[C@@H]1C[C@H](O[Si](C)(C)C(C)(C)C)[C@H](CC#CCCCCOCc2ccccc2)O1. The summed E-state index contributed by atoms with van der Waals surface area (Å²) in [6.45, 7) is 26.5.